The topological polar surface area (TPSA) is 37.4 Å². The molecule has 2 rings (SSSR count). The van der Waals surface area contributed by atoms with Crippen molar-refractivity contribution in [3.8, 4) is 0 Å². The highest BCUT2D eigenvalue weighted by Crippen LogP contribution is 2.22. The average Bonchev–Trinajstić information content (AvgIpc) is 2.59. The number of nitrogens with zero attached hydrogens (tertiary/aromatic N) is 1. The van der Waals surface area contributed by atoms with Crippen LogP contribution in [0.5, 0.6) is 0 Å². The summed E-state index contributed by atoms with van der Waals surface area (Å²) in [6, 6.07) is 7.32. The second-order valence-electron chi connectivity index (χ2n) is 3.04. The molecule has 0 saturated heterocycles. The summed E-state index contributed by atoms with van der Waals surface area (Å²) in [4.78, 5) is 25.0. The van der Waals surface area contributed by atoms with Crippen molar-refractivity contribution < 1.29 is 9.59 Å². The van der Waals surface area contributed by atoms with Gasteiger partial charge in [0.1, 0.15) is 0 Å². The normalized spacial score (nSPS) is 15.1. The molecule has 0 saturated carbocycles. The van der Waals surface area contributed by atoms with E-state index in [9.17, 15) is 9.59 Å². The van der Waals surface area contributed by atoms with Gasteiger partial charge in [-0.1, -0.05) is 0 Å². The Morgan fingerprint density at radius 1 is 1.00 bits per heavy atom. The van der Waals surface area contributed by atoms with Crippen LogP contribution < -0.4 is 4.90 Å². The van der Waals surface area contributed by atoms with Crippen LogP contribution >= 0.6 is 11.8 Å². The summed E-state index contributed by atoms with van der Waals surface area (Å²) in [7, 11) is 0. The molecule has 0 bridgehead atoms. The van der Waals surface area contributed by atoms with Crippen molar-refractivity contribution in [2.75, 3.05) is 11.2 Å². The van der Waals surface area contributed by atoms with Gasteiger partial charge in [0.2, 0.25) is 0 Å². The van der Waals surface area contributed by atoms with Crippen molar-refractivity contribution in [2.24, 2.45) is 0 Å². The Morgan fingerprint density at radius 2 is 1.53 bits per heavy atom. The van der Waals surface area contributed by atoms with E-state index in [4.69, 9.17) is 0 Å². The quantitative estimate of drug-likeness (QED) is 0.562. The molecular formula is C11H9NO2S. The van der Waals surface area contributed by atoms with Gasteiger partial charge >= 0.3 is 0 Å². The van der Waals surface area contributed by atoms with Crippen LogP contribution in [-0.4, -0.2) is 18.1 Å². The molecule has 1 heterocycles. The molecule has 2 amide bonds. The molecule has 15 heavy (non-hydrogen) atoms. The van der Waals surface area contributed by atoms with E-state index in [1.54, 1.807) is 23.9 Å². The van der Waals surface area contributed by atoms with E-state index in [0.717, 1.165) is 9.80 Å². The molecule has 0 unspecified atom stereocenters. The van der Waals surface area contributed by atoms with Gasteiger partial charge in [0.25, 0.3) is 11.8 Å². The molecule has 0 aromatic heterocycles. The zero-order valence-corrected chi connectivity index (χ0v) is 8.95. The van der Waals surface area contributed by atoms with Crippen molar-refractivity contribution in [1.29, 1.82) is 0 Å². The van der Waals surface area contributed by atoms with Crippen molar-refractivity contribution >= 4 is 29.3 Å². The smallest absolute Gasteiger partial charge is 0.258 e. The van der Waals surface area contributed by atoms with Crippen LogP contribution in [-0.2, 0) is 9.59 Å². The fourth-order valence-electron chi connectivity index (χ4n) is 1.39. The lowest BCUT2D eigenvalue weighted by Crippen LogP contribution is -2.29. The Kier molecular flexibility index (Phi) is 2.60. The first-order valence-electron chi connectivity index (χ1n) is 4.42. The lowest BCUT2D eigenvalue weighted by atomic mass is 10.3. The number of carbonyl (C=O) groups is 2. The summed E-state index contributed by atoms with van der Waals surface area (Å²) in [6.07, 6.45) is 4.54. The average molecular weight is 219 g/mol. The first-order valence-corrected chi connectivity index (χ1v) is 5.65. The van der Waals surface area contributed by atoms with Gasteiger partial charge in [-0.3, -0.25) is 9.59 Å². The minimum atomic E-state index is -0.281. The van der Waals surface area contributed by atoms with E-state index in [1.165, 1.54) is 12.2 Å². The number of rotatable bonds is 2. The Morgan fingerprint density at radius 3 is 2.00 bits per heavy atom. The van der Waals surface area contributed by atoms with Gasteiger partial charge in [-0.05, 0) is 30.5 Å². The van der Waals surface area contributed by atoms with Gasteiger partial charge in [0, 0.05) is 17.0 Å². The second-order valence-corrected chi connectivity index (χ2v) is 3.92. The van der Waals surface area contributed by atoms with E-state index in [2.05, 4.69) is 0 Å². The van der Waals surface area contributed by atoms with Gasteiger partial charge in [-0.25, -0.2) is 4.90 Å². The number of benzene rings is 1. The largest absolute Gasteiger partial charge is 0.269 e. The molecule has 1 aromatic carbocycles. The number of amides is 2. The van der Waals surface area contributed by atoms with Gasteiger partial charge in [-0.2, -0.15) is 0 Å². The third-order valence-electron chi connectivity index (χ3n) is 2.14. The fourth-order valence-corrected chi connectivity index (χ4v) is 1.79. The third-order valence-corrected chi connectivity index (χ3v) is 2.88. The van der Waals surface area contributed by atoms with Crippen molar-refractivity contribution in [2.45, 2.75) is 4.90 Å². The Bertz CT molecular complexity index is 418. The molecule has 3 nitrogen and oxygen atoms in total. The highest BCUT2D eigenvalue weighted by atomic mass is 32.2. The van der Waals surface area contributed by atoms with Crippen LogP contribution in [0.3, 0.4) is 0 Å². The lowest BCUT2D eigenvalue weighted by molar-refractivity contribution is -0.119. The summed E-state index contributed by atoms with van der Waals surface area (Å²) >= 11 is 1.62. The molecule has 1 aromatic rings. The number of hydrogen-bond donors (Lipinski definition) is 0. The highest BCUT2D eigenvalue weighted by molar-refractivity contribution is 7.98. The molecule has 1 aliphatic rings. The molecule has 0 aliphatic carbocycles. The molecule has 76 valence electrons. The van der Waals surface area contributed by atoms with E-state index in [-0.39, 0.29) is 11.8 Å². The first-order chi connectivity index (χ1) is 7.22. The van der Waals surface area contributed by atoms with Crippen LogP contribution in [0.2, 0.25) is 0 Å². The fraction of sp³-hybridized carbons (Fsp3) is 0.0909. The van der Waals surface area contributed by atoms with Crippen molar-refractivity contribution in [3.63, 3.8) is 0 Å². The molecule has 0 N–H and O–H groups in total. The predicted molar refractivity (Wildman–Crippen MR) is 59.9 cm³/mol. The van der Waals surface area contributed by atoms with Crippen LogP contribution in [0.1, 0.15) is 0 Å². The molecule has 4 heteroatoms. The number of carbonyl (C=O) groups excluding carboxylic acids is 2. The van der Waals surface area contributed by atoms with Gasteiger partial charge in [0.05, 0.1) is 5.69 Å². The predicted octanol–water partition coefficient (Wildman–Crippen LogP) is 1.84. The summed E-state index contributed by atoms with van der Waals surface area (Å²) in [5.41, 5.74) is 0.618. The maximum absolute atomic E-state index is 11.4. The zero-order chi connectivity index (χ0) is 10.8. The van der Waals surface area contributed by atoms with E-state index < -0.39 is 0 Å². The minimum Gasteiger partial charge on any atom is -0.269 e. The van der Waals surface area contributed by atoms with Gasteiger partial charge in [0.15, 0.2) is 0 Å². The number of thioether (sulfide) groups is 1. The standard InChI is InChI=1S/C11H9NO2S/c1-15-9-4-2-8(3-5-9)12-10(13)6-7-11(12)14/h2-7H,1H3. The van der Waals surface area contributed by atoms with Gasteiger partial charge in [-0.15, -0.1) is 11.8 Å². The van der Waals surface area contributed by atoms with Crippen LogP contribution in [0.15, 0.2) is 41.3 Å². The Labute approximate surface area is 91.8 Å². The van der Waals surface area contributed by atoms with Crippen LogP contribution in [0.25, 0.3) is 0 Å². The van der Waals surface area contributed by atoms with E-state index in [1.807, 2.05) is 18.4 Å². The molecule has 0 radical (unpaired) electrons. The number of anilines is 1. The summed E-state index contributed by atoms with van der Waals surface area (Å²) in [5.74, 6) is -0.561. The van der Waals surface area contributed by atoms with Gasteiger partial charge < -0.3 is 0 Å². The first kappa shape index (κ1) is 9.98. The lowest BCUT2D eigenvalue weighted by Gasteiger charge is -2.13. The van der Waals surface area contributed by atoms with Crippen LogP contribution in [0, 0.1) is 0 Å². The Hall–Kier alpha value is -1.55. The van der Waals surface area contributed by atoms with Crippen molar-refractivity contribution in [3.05, 3.63) is 36.4 Å². The maximum Gasteiger partial charge on any atom is 0.258 e. The van der Waals surface area contributed by atoms with E-state index in [0.29, 0.717) is 5.69 Å². The minimum absolute atomic E-state index is 0.281. The SMILES string of the molecule is CSc1ccc(N2C(=O)C=CC2=O)cc1. The molecule has 0 atom stereocenters. The summed E-state index contributed by atoms with van der Waals surface area (Å²) in [5, 5.41) is 0. The molecule has 0 fully saturated rings. The molecule has 0 spiro atoms. The Balaban J connectivity index is 2.30. The molecule has 1 aliphatic heterocycles. The maximum atomic E-state index is 11.4. The summed E-state index contributed by atoms with van der Waals surface area (Å²) in [6.45, 7) is 0. The third kappa shape index (κ3) is 1.80. The zero-order valence-electron chi connectivity index (χ0n) is 8.14. The highest BCUT2D eigenvalue weighted by Gasteiger charge is 2.24. The summed E-state index contributed by atoms with van der Waals surface area (Å²) < 4.78 is 0. The van der Waals surface area contributed by atoms with E-state index >= 15 is 0 Å². The molecular weight excluding hydrogens is 210 g/mol. The number of imide groups is 1. The van der Waals surface area contributed by atoms with Crippen molar-refractivity contribution in [1.82, 2.24) is 0 Å². The van der Waals surface area contributed by atoms with Crippen LogP contribution in [0.4, 0.5) is 5.69 Å². The number of hydrogen-bond acceptors (Lipinski definition) is 3. The second kappa shape index (κ2) is 3.90. The monoisotopic (exact) mass is 219 g/mol.